The van der Waals surface area contributed by atoms with Crippen molar-refractivity contribution >= 4 is 11.0 Å². The zero-order chi connectivity index (χ0) is 23.6. The molecular weight excluding hydrogens is 551 g/mol. The number of allylic oxidation sites excluding steroid dienone is 4. The van der Waals surface area contributed by atoms with Crippen LogP contribution >= 0.6 is 0 Å². The van der Waals surface area contributed by atoms with Crippen LogP contribution in [0, 0.1) is 0 Å². The van der Waals surface area contributed by atoms with Crippen molar-refractivity contribution in [1.82, 2.24) is 0 Å². The van der Waals surface area contributed by atoms with Crippen molar-refractivity contribution in [3.8, 4) is 11.1 Å². The van der Waals surface area contributed by atoms with E-state index in [9.17, 15) is 0 Å². The molecule has 34 heavy (non-hydrogen) atoms. The van der Waals surface area contributed by atoms with Crippen LogP contribution in [0.25, 0.3) is 16.7 Å². The summed E-state index contributed by atoms with van der Waals surface area (Å²) in [5.74, 6) is 0. The van der Waals surface area contributed by atoms with Gasteiger partial charge in [-0.05, 0) is 0 Å². The Hall–Kier alpha value is -0.400. The number of hydrogen-bond acceptors (Lipinski definition) is 0. The topological polar surface area (TPSA) is 0 Å². The maximum atomic E-state index is 2.59. The molecule has 0 saturated carbocycles. The maximum absolute atomic E-state index is 2.59. The molecule has 0 aliphatic heterocycles. The fraction of sp³-hybridized carbons (Fsp3) is 0.467. The molecule has 0 bridgehead atoms. The fourth-order valence-electron chi connectivity index (χ4n) is 5.30. The molecule has 4 heteroatoms. The molecule has 1 unspecified atom stereocenters. The molecule has 0 amide bonds. The Bertz CT molecular complexity index is 1200. The first-order valence-corrected chi connectivity index (χ1v) is 19.7. The summed E-state index contributed by atoms with van der Waals surface area (Å²) >= 11 is -0.574. The minimum atomic E-state index is -0.574. The summed E-state index contributed by atoms with van der Waals surface area (Å²) < 4.78 is 0.688. The van der Waals surface area contributed by atoms with Gasteiger partial charge in [-0.1, -0.05) is 0 Å². The fourth-order valence-corrected chi connectivity index (χ4v) is 14.0. The molecule has 0 saturated heterocycles. The van der Waals surface area contributed by atoms with E-state index in [0.29, 0.717) is 3.63 Å². The van der Waals surface area contributed by atoms with E-state index < -0.39 is 21.9 Å². The Balaban J connectivity index is 0.00000204. The second kappa shape index (κ2) is 10.5. The van der Waals surface area contributed by atoms with Gasteiger partial charge in [0.25, 0.3) is 0 Å². The molecule has 0 radical (unpaired) electrons. The zero-order valence-corrected chi connectivity index (χ0v) is 27.5. The van der Waals surface area contributed by atoms with E-state index in [1.807, 2.05) is 0 Å². The van der Waals surface area contributed by atoms with Gasteiger partial charge in [-0.25, -0.2) is 0 Å². The summed E-state index contributed by atoms with van der Waals surface area (Å²) in [4.78, 5) is 0. The number of hydrogen-bond donors (Lipinski definition) is 0. The number of halogens is 2. The molecule has 0 spiro atoms. The first kappa shape index (κ1) is 29.8. The van der Waals surface area contributed by atoms with Crippen LogP contribution in [-0.2, 0) is 32.7 Å². The van der Waals surface area contributed by atoms with E-state index in [4.69, 9.17) is 0 Å². The summed E-state index contributed by atoms with van der Waals surface area (Å²) in [6, 6.07) is 12.4. The van der Waals surface area contributed by atoms with Gasteiger partial charge in [0.05, 0.1) is 0 Å². The van der Waals surface area contributed by atoms with Crippen LogP contribution in [0.15, 0.2) is 47.6 Å². The third kappa shape index (κ3) is 5.32. The second-order valence-corrected chi connectivity index (χ2v) is 25.2. The Morgan fingerprint density at radius 1 is 0.853 bits per heavy atom. The Labute approximate surface area is 232 Å². The minimum absolute atomic E-state index is 0. The van der Waals surface area contributed by atoms with Gasteiger partial charge in [0, 0.05) is 0 Å². The number of rotatable bonds is 2. The number of benzene rings is 2. The summed E-state index contributed by atoms with van der Waals surface area (Å²) in [5, 5.41) is 0. The Kier molecular flexibility index (Phi) is 9.24. The van der Waals surface area contributed by atoms with Crippen LogP contribution < -0.4 is 24.8 Å². The van der Waals surface area contributed by atoms with Gasteiger partial charge in [-0.2, -0.15) is 0 Å². The van der Waals surface area contributed by atoms with E-state index in [1.165, 1.54) is 27.8 Å². The van der Waals surface area contributed by atoms with Crippen LogP contribution in [0.4, 0.5) is 0 Å². The van der Waals surface area contributed by atoms with E-state index in [0.717, 1.165) is 6.42 Å². The van der Waals surface area contributed by atoms with Crippen molar-refractivity contribution in [2.75, 3.05) is 0 Å². The molecule has 0 aromatic heterocycles. The summed E-state index contributed by atoms with van der Waals surface area (Å²) in [7, 11) is 0. The molecule has 0 N–H and O–H groups in total. The predicted molar refractivity (Wildman–Crippen MR) is 140 cm³/mol. The average Bonchev–Trinajstić information content (AvgIpc) is 3.17. The largest absolute Gasteiger partial charge is 1.00 e. The maximum Gasteiger partial charge on any atom is -1.00 e. The molecule has 1 atom stereocenters. The average molecular weight is 590 g/mol. The molecule has 2 aromatic carbocycles. The summed E-state index contributed by atoms with van der Waals surface area (Å²) in [6.45, 7) is 24.0. The monoisotopic (exact) mass is 587 g/mol. The van der Waals surface area contributed by atoms with Crippen LogP contribution in [0.2, 0.25) is 13.1 Å². The van der Waals surface area contributed by atoms with E-state index in [-0.39, 0.29) is 41.1 Å². The van der Waals surface area contributed by atoms with Crippen LogP contribution in [0.1, 0.15) is 93.3 Å². The van der Waals surface area contributed by atoms with E-state index in [1.54, 1.807) is 27.8 Å². The van der Waals surface area contributed by atoms with Gasteiger partial charge in [0.2, 0.25) is 0 Å². The van der Waals surface area contributed by atoms with Gasteiger partial charge in [-0.3, -0.25) is 0 Å². The van der Waals surface area contributed by atoms with Gasteiger partial charge in [0.1, 0.15) is 0 Å². The molecular formula is C30H39Cl2SiZr. The third-order valence-electron chi connectivity index (χ3n) is 7.25. The zero-order valence-electron chi connectivity index (χ0n) is 22.5. The van der Waals surface area contributed by atoms with Crippen molar-refractivity contribution < 1.29 is 46.7 Å². The first-order valence-electron chi connectivity index (χ1n) is 12.1. The van der Waals surface area contributed by atoms with Gasteiger partial charge in [-0.15, -0.1) is 0 Å². The van der Waals surface area contributed by atoms with Crippen molar-refractivity contribution in [3.05, 3.63) is 75.4 Å². The van der Waals surface area contributed by atoms with Crippen LogP contribution in [0.3, 0.4) is 0 Å². The third-order valence-corrected chi connectivity index (χ3v) is 16.0. The summed E-state index contributed by atoms with van der Waals surface area (Å²) in [6.07, 6.45) is 3.54. The van der Waals surface area contributed by atoms with Crippen molar-refractivity contribution in [1.29, 1.82) is 0 Å². The van der Waals surface area contributed by atoms with Crippen molar-refractivity contribution in [2.45, 2.75) is 89.4 Å². The smallest absolute Gasteiger partial charge is 1.00 e. The SMILES string of the molecule is CC1=CCC(c2c(C(C)(C)C)ccc3c2[CH]([Zr+2]=[Si](C)C)c2cc(C(C)(C)C)ccc2-3)=C1C.[Cl-].[Cl-]. The first-order chi connectivity index (χ1) is 14.8. The molecule has 2 aromatic rings. The standard InChI is InChI=1S/C28H33.C2H6Si.2ClH.Zr/c1-17-9-11-21(18(17)2)26-24-16-19-15-20(27(3,4)5)10-12-22(19)23(24)13-14-25(26)28(6,7)8;1-3-2;;;/h9-10,12-16H,11H2,1-8H3;1-2H3;2*1H;/q;;;;+2/p-2. The minimum Gasteiger partial charge on any atom is -1.00 e. The van der Waals surface area contributed by atoms with Crippen molar-refractivity contribution in [2.24, 2.45) is 0 Å². The molecule has 0 fully saturated rings. The van der Waals surface area contributed by atoms with Crippen molar-refractivity contribution in [3.63, 3.8) is 0 Å². The molecule has 2 aliphatic rings. The van der Waals surface area contributed by atoms with Gasteiger partial charge >= 0.3 is 209 Å². The van der Waals surface area contributed by atoms with Gasteiger partial charge in [0.15, 0.2) is 0 Å². The number of fused-ring (bicyclic) bond motifs is 3. The molecule has 0 heterocycles. The quantitative estimate of drug-likeness (QED) is 0.473. The second-order valence-electron chi connectivity index (χ2n) is 12.0. The predicted octanol–water partition coefficient (Wildman–Crippen LogP) is 2.82. The van der Waals surface area contributed by atoms with E-state index in [2.05, 4.69) is 105 Å². The Morgan fingerprint density at radius 3 is 1.97 bits per heavy atom. The Morgan fingerprint density at radius 2 is 1.47 bits per heavy atom. The molecule has 2 aliphatic carbocycles. The molecule has 4 rings (SSSR count). The van der Waals surface area contributed by atoms with Crippen LogP contribution in [-0.4, -0.2) is 5.43 Å². The molecule has 0 nitrogen and oxygen atoms in total. The normalized spacial score (nSPS) is 16.8. The van der Waals surface area contributed by atoms with E-state index >= 15 is 0 Å². The summed E-state index contributed by atoms with van der Waals surface area (Å²) in [5.41, 5.74) is 15.7. The molecule has 181 valence electrons. The van der Waals surface area contributed by atoms with Gasteiger partial charge < -0.3 is 24.8 Å². The van der Waals surface area contributed by atoms with Crippen LogP contribution in [0.5, 0.6) is 0 Å².